The molecular weight excluding hydrogens is 406 g/mol. The molecule has 6 heteroatoms. The zero-order valence-corrected chi connectivity index (χ0v) is 17.7. The van der Waals surface area contributed by atoms with Gasteiger partial charge in [0.15, 0.2) is 16.9 Å². The van der Waals surface area contributed by atoms with E-state index in [9.17, 15) is 14.7 Å². The van der Waals surface area contributed by atoms with Gasteiger partial charge in [0.2, 0.25) is 5.76 Å². The number of para-hydroxylation sites is 1. The summed E-state index contributed by atoms with van der Waals surface area (Å²) < 4.78 is 11.5. The Bertz CT molecular complexity index is 1420. The number of hydrogen-bond donors (Lipinski definition) is 1. The first-order valence-electron chi connectivity index (χ1n) is 10.4. The van der Waals surface area contributed by atoms with Crippen molar-refractivity contribution in [2.45, 2.75) is 19.9 Å². The van der Waals surface area contributed by atoms with Crippen LogP contribution in [0.25, 0.3) is 11.0 Å². The van der Waals surface area contributed by atoms with E-state index in [1.165, 1.54) is 6.07 Å². The third-order valence-electron chi connectivity index (χ3n) is 5.66. The summed E-state index contributed by atoms with van der Waals surface area (Å²) in [5.74, 6) is -0.0659. The van der Waals surface area contributed by atoms with Gasteiger partial charge in [-0.2, -0.15) is 0 Å². The van der Waals surface area contributed by atoms with Crippen LogP contribution in [0.3, 0.4) is 0 Å². The minimum absolute atomic E-state index is 0.00667. The average Bonchev–Trinajstić information content (AvgIpc) is 3.08. The summed E-state index contributed by atoms with van der Waals surface area (Å²) in [6, 6.07) is 18.6. The van der Waals surface area contributed by atoms with Crippen LogP contribution in [-0.2, 0) is 0 Å². The minimum atomic E-state index is -0.722. The van der Waals surface area contributed by atoms with E-state index >= 15 is 0 Å². The Morgan fingerprint density at radius 1 is 1.03 bits per heavy atom. The fourth-order valence-electron chi connectivity index (χ4n) is 4.25. The van der Waals surface area contributed by atoms with Crippen molar-refractivity contribution >= 4 is 22.6 Å². The molecule has 0 saturated carbocycles. The summed E-state index contributed by atoms with van der Waals surface area (Å²) in [5.41, 5.74) is 2.68. The Hall–Kier alpha value is -4.06. The molecule has 32 heavy (non-hydrogen) atoms. The number of fused-ring (bicyclic) bond motifs is 2. The Morgan fingerprint density at radius 3 is 2.62 bits per heavy atom. The number of benzene rings is 3. The van der Waals surface area contributed by atoms with Gasteiger partial charge in [0.1, 0.15) is 5.58 Å². The van der Waals surface area contributed by atoms with Crippen LogP contribution >= 0.6 is 0 Å². The maximum atomic E-state index is 13.6. The molecule has 1 aliphatic heterocycles. The molecule has 3 aromatic carbocycles. The molecule has 6 nitrogen and oxygen atoms in total. The van der Waals surface area contributed by atoms with Crippen LogP contribution in [0.1, 0.15) is 40.2 Å². The molecule has 1 atom stereocenters. The van der Waals surface area contributed by atoms with Gasteiger partial charge in [-0.05, 0) is 61.4 Å². The number of phenolic OH excluding ortho intramolecular Hbond substituents is 1. The van der Waals surface area contributed by atoms with E-state index < -0.39 is 6.04 Å². The maximum Gasteiger partial charge on any atom is 0.295 e. The predicted molar refractivity (Wildman–Crippen MR) is 122 cm³/mol. The van der Waals surface area contributed by atoms with E-state index in [2.05, 4.69) is 0 Å². The van der Waals surface area contributed by atoms with Crippen molar-refractivity contribution in [3.63, 3.8) is 0 Å². The topological polar surface area (TPSA) is 80.0 Å². The molecule has 0 fully saturated rings. The Labute approximate surface area is 184 Å². The zero-order chi connectivity index (χ0) is 22.4. The van der Waals surface area contributed by atoms with Crippen LogP contribution in [0.2, 0.25) is 0 Å². The minimum Gasteiger partial charge on any atom is -0.504 e. The fourth-order valence-corrected chi connectivity index (χ4v) is 4.25. The largest absolute Gasteiger partial charge is 0.504 e. The first-order chi connectivity index (χ1) is 15.5. The lowest BCUT2D eigenvalue weighted by Gasteiger charge is -2.26. The number of aryl methyl sites for hydroxylation is 1. The van der Waals surface area contributed by atoms with E-state index in [1.807, 2.05) is 38.1 Å². The quantitative estimate of drug-likeness (QED) is 0.498. The van der Waals surface area contributed by atoms with Crippen molar-refractivity contribution in [1.82, 2.24) is 0 Å². The molecule has 1 unspecified atom stereocenters. The van der Waals surface area contributed by atoms with E-state index in [4.69, 9.17) is 9.15 Å². The van der Waals surface area contributed by atoms with Crippen LogP contribution in [-0.4, -0.2) is 17.6 Å². The lowest BCUT2D eigenvalue weighted by molar-refractivity contribution is 0.0971. The number of amides is 1. The molecule has 1 aromatic heterocycles. The van der Waals surface area contributed by atoms with Crippen molar-refractivity contribution in [3.8, 4) is 11.5 Å². The van der Waals surface area contributed by atoms with Gasteiger partial charge in [-0.1, -0.05) is 30.3 Å². The standard InChI is InChI=1S/C26H21NO5/c1-3-31-21-14-16(11-12-19(21)28)23-22-24(29)18-9-4-5-10-20(18)32-25(22)26(30)27(23)17-8-6-7-15(2)13-17/h4-14,23,28H,3H2,1-2H3. The summed E-state index contributed by atoms with van der Waals surface area (Å²) in [5, 5.41) is 10.6. The number of carbonyl (C=O) groups excluding carboxylic acids is 1. The SMILES string of the molecule is CCOc1cc(C2c3c(oc4ccccc4c3=O)C(=O)N2c2cccc(C)c2)ccc1O. The van der Waals surface area contributed by atoms with Gasteiger partial charge in [0, 0.05) is 5.69 Å². The molecular formula is C26H21NO5. The van der Waals surface area contributed by atoms with Gasteiger partial charge in [-0.25, -0.2) is 0 Å². The number of phenols is 1. The number of carbonyl (C=O) groups is 1. The van der Waals surface area contributed by atoms with Gasteiger partial charge >= 0.3 is 0 Å². The van der Waals surface area contributed by atoms with Crippen LogP contribution < -0.4 is 15.1 Å². The highest BCUT2D eigenvalue weighted by Gasteiger charge is 2.43. The van der Waals surface area contributed by atoms with Crippen LogP contribution in [0.4, 0.5) is 5.69 Å². The first kappa shape index (κ1) is 19.9. The van der Waals surface area contributed by atoms with Crippen molar-refractivity contribution in [2.24, 2.45) is 0 Å². The third kappa shape index (κ3) is 3.03. The fraction of sp³-hybridized carbons (Fsp3) is 0.154. The Morgan fingerprint density at radius 2 is 1.84 bits per heavy atom. The number of hydrogen-bond acceptors (Lipinski definition) is 5. The van der Waals surface area contributed by atoms with Crippen LogP contribution in [0, 0.1) is 6.92 Å². The number of rotatable bonds is 4. The molecule has 0 saturated heterocycles. The smallest absolute Gasteiger partial charge is 0.295 e. The second-order valence-corrected chi connectivity index (χ2v) is 7.75. The normalized spacial score (nSPS) is 15.2. The van der Waals surface area contributed by atoms with Crippen molar-refractivity contribution in [1.29, 1.82) is 0 Å². The lowest BCUT2D eigenvalue weighted by Crippen LogP contribution is -2.29. The molecule has 0 bridgehead atoms. The molecule has 1 amide bonds. The Balaban J connectivity index is 1.80. The Kier molecular flexibility index (Phi) is 4.70. The molecule has 5 rings (SSSR count). The van der Waals surface area contributed by atoms with Crippen molar-refractivity contribution in [2.75, 3.05) is 11.5 Å². The number of nitrogens with zero attached hydrogens (tertiary/aromatic N) is 1. The number of aromatic hydroxyl groups is 1. The molecule has 0 radical (unpaired) electrons. The van der Waals surface area contributed by atoms with Gasteiger partial charge in [0.05, 0.1) is 23.6 Å². The summed E-state index contributed by atoms with van der Waals surface area (Å²) >= 11 is 0. The molecule has 0 aliphatic carbocycles. The summed E-state index contributed by atoms with van der Waals surface area (Å²) in [4.78, 5) is 28.7. The predicted octanol–water partition coefficient (Wildman–Crippen LogP) is 4.96. The summed E-state index contributed by atoms with van der Waals surface area (Å²) in [7, 11) is 0. The van der Waals surface area contributed by atoms with Crippen molar-refractivity contribution in [3.05, 3.63) is 99.4 Å². The first-order valence-corrected chi connectivity index (χ1v) is 10.4. The molecule has 160 valence electrons. The third-order valence-corrected chi connectivity index (χ3v) is 5.66. The van der Waals surface area contributed by atoms with E-state index in [0.717, 1.165) is 5.56 Å². The molecule has 1 N–H and O–H groups in total. The molecule has 1 aliphatic rings. The van der Waals surface area contributed by atoms with Crippen LogP contribution in [0.15, 0.2) is 75.9 Å². The highest BCUT2D eigenvalue weighted by Crippen LogP contribution is 2.43. The number of ether oxygens (including phenoxy) is 1. The molecule has 2 heterocycles. The lowest BCUT2D eigenvalue weighted by atomic mass is 9.97. The van der Waals surface area contributed by atoms with Gasteiger partial charge < -0.3 is 14.3 Å². The van der Waals surface area contributed by atoms with E-state index in [0.29, 0.717) is 34.6 Å². The van der Waals surface area contributed by atoms with Gasteiger partial charge in [-0.3, -0.25) is 14.5 Å². The second kappa shape index (κ2) is 7.57. The highest BCUT2D eigenvalue weighted by molar-refractivity contribution is 6.10. The average molecular weight is 427 g/mol. The molecule has 4 aromatic rings. The highest BCUT2D eigenvalue weighted by atomic mass is 16.5. The van der Waals surface area contributed by atoms with Crippen molar-refractivity contribution < 1.29 is 19.1 Å². The summed E-state index contributed by atoms with van der Waals surface area (Å²) in [6.45, 7) is 4.13. The second-order valence-electron chi connectivity index (χ2n) is 7.75. The monoisotopic (exact) mass is 427 g/mol. The zero-order valence-electron chi connectivity index (χ0n) is 17.7. The van der Waals surface area contributed by atoms with Crippen LogP contribution in [0.5, 0.6) is 11.5 Å². The molecule has 0 spiro atoms. The van der Waals surface area contributed by atoms with Gasteiger partial charge in [-0.15, -0.1) is 0 Å². The summed E-state index contributed by atoms with van der Waals surface area (Å²) in [6.07, 6.45) is 0. The number of anilines is 1. The van der Waals surface area contributed by atoms with E-state index in [-0.39, 0.29) is 28.4 Å². The van der Waals surface area contributed by atoms with Gasteiger partial charge in [0.25, 0.3) is 5.91 Å². The maximum absolute atomic E-state index is 13.6. The van der Waals surface area contributed by atoms with E-state index in [1.54, 1.807) is 41.3 Å².